The zero-order valence-electron chi connectivity index (χ0n) is 11.5. The van der Waals surface area contributed by atoms with Gasteiger partial charge in [0, 0.05) is 24.2 Å². The van der Waals surface area contributed by atoms with Crippen molar-refractivity contribution in [2.24, 2.45) is 0 Å². The number of halogens is 1. The van der Waals surface area contributed by atoms with Gasteiger partial charge >= 0.3 is 0 Å². The van der Waals surface area contributed by atoms with E-state index in [9.17, 15) is 0 Å². The fraction of sp³-hybridized carbons (Fsp3) is 0.200. The van der Waals surface area contributed by atoms with Crippen LogP contribution in [0.1, 0.15) is 16.1 Å². The predicted molar refractivity (Wildman–Crippen MR) is 84.4 cm³/mol. The molecular weight excluding hydrogens is 304 g/mol. The maximum Gasteiger partial charge on any atom is 0.137 e. The van der Waals surface area contributed by atoms with Crippen molar-refractivity contribution in [3.8, 4) is 6.07 Å². The second-order valence-corrected chi connectivity index (χ2v) is 6.69. The Morgan fingerprint density at radius 1 is 1.33 bits per heavy atom. The van der Waals surface area contributed by atoms with Crippen LogP contribution in [0.2, 0.25) is 4.34 Å². The van der Waals surface area contributed by atoms with E-state index in [0.717, 1.165) is 28.8 Å². The van der Waals surface area contributed by atoms with E-state index in [1.807, 2.05) is 35.0 Å². The zero-order valence-corrected chi connectivity index (χ0v) is 13.0. The summed E-state index contributed by atoms with van der Waals surface area (Å²) in [5.41, 5.74) is 2.55. The number of fused-ring (bicyclic) bond motifs is 1. The molecule has 0 atom stereocenters. The van der Waals surface area contributed by atoms with Gasteiger partial charge in [-0.3, -0.25) is 4.90 Å². The Bertz CT molecular complexity index is 815. The molecule has 0 saturated carbocycles. The quantitative estimate of drug-likeness (QED) is 0.739. The average Bonchev–Trinajstić information content (AvgIpc) is 3.05. The lowest BCUT2D eigenvalue weighted by Crippen LogP contribution is -2.17. The van der Waals surface area contributed by atoms with Crippen molar-refractivity contribution in [2.45, 2.75) is 13.1 Å². The smallest absolute Gasteiger partial charge is 0.137 e. The van der Waals surface area contributed by atoms with Crippen LogP contribution in [0.15, 0.2) is 36.7 Å². The lowest BCUT2D eigenvalue weighted by molar-refractivity contribution is 0.317. The summed E-state index contributed by atoms with van der Waals surface area (Å²) in [4.78, 5) is 7.80. The monoisotopic (exact) mass is 316 g/mol. The Kier molecular flexibility index (Phi) is 3.93. The normalized spacial score (nSPS) is 11.1. The molecule has 4 nitrogen and oxygen atoms in total. The van der Waals surface area contributed by atoms with Gasteiger partial charge in [0.2, 0.25) is 0 Å². The molecule has 6 heteroatoms. The maximum atomic E-state index is 9.00. The second kappa shape index (κ2) is 5.86. The molecule has 0 bridgehead atoms. The highest BCUT2D eigenvalue weighted by Gasteiger charge is 2.09. The number of nitriles is 1. The van der Waals surface area contributed by atoms with Crippen LogP contribution in [0.5, 0.6) is 0 Å². The molecule has 3 heterocycles. The summed E-state index contributed by atoms with van der Waals surface area (Å²) in [5.74, 6) is 0. The Morgan fingerprint density at radius 2 is 2.19 bits per heavy atom. The number of imidazole rings is 1. The third kappa shape index (κ3) is 3.08. The standard InChI is InChI=1S/C15H13ClN4S/c1-19(10-13-3-4-14(16)21-13)9-12-7-18-15-5-2-11(6-17)8-20(12)15/h2-5,7-8H,9-10H2,1H3. The van der Waals surface area contributed by atoms with E-state index in [4.69, 9.17) is 16.9 Å². The van der Waals surface area contributed by atoms with E-state index in [2.05, 4.69) is 23.0 Å². The fourth-order valence-electron chi connectivity index (χ4n) is 2.25. The van der Waals surface area contributed by atoms with Crippen molar-refractivity contribution in [1.82, 2.24) is 14.3 Å². The summed E-state index contributed by atoms with van der Waals surface area (Å²) >= 11 is 7.55. The summed E-state index contributed by atoms with van der Waals surface area (Å²) in [5, 5.41) is 9.00. The molecule has 0 saturated heterocycles. The van der Waals surface area contributed by atoms with Crippen molar-refractivity contribution in [3.63, 3.8) is 0 Å². The molecule has 0 spiro atoms. The van der Waals surface area contributed by atoms with Gasteiger partial charge < -0.3 is 4.40 Å². The van der Waals surface area contributed by atoms with Gasteiger partial charge in [-0.25, -0.2) is 4.98 Å². The molecule has 0 aromatic carbocycles. The van der Waals surface area contributed by atoms with Crippen LogP contribution in [0.4, 0.5) is 0 Å². The summed E-state index contributed by atoms with van der Waals surface area (Å²) in [6, 6.07) is 9.77. The predicted octanol–water partition coefficient (Wildman–Crippen LogP) is 3.55. The van der Waals surface area contributed by atoms with Crippen LogP contribution < -0.4 is 0 Å². The zero-order chi connectivity index (χ0) is 14.8. The Balaban J connectivity index is 1.79. The Morgan fingerprint density at radius 3 is 2.90 bits per heavy atom. The first kappa shape index (κ1) is 14.1. The molecule has 0 unspecified atom stereocenters. The second-order valence-electron chi connectivity index (χ2n) is 4.89. The Hall–Kier alpha value is -1.87. The van der Waals surface area contributed by atoms with E-state index in [0.29, 0.717) is 5.56 Å². The number of aromatic nitrogens is 2. The van der Waals surface area contributed by atoms with Crippen molar-refractivity contribution in [2.75, 3.05) is 7.05 Å². The number of hydrogen-bond acceptors (Lipinski definition) is 4. The third-order valence-electron chi connectivity index (χ3n) is 3.20. The lowest BCUT2D eigenvalue weighted by Gasteiger charge is -2.15. The third-order valence-corrected chi connectivity index (χ3v) is 4.41. The lowest BCUT2D eigenvalue weighted by atomic mass is 10.3. The van der Waals surface area contributed by atoms with Gasteiger partial charge in [-0.15, -0.1) is 11.3 Å². The molecule has 3 rings (SSSR count). The first-order chi connectivity index (χ1) is 10.2. The molecule has 0 aliphatic carbocycles. The highest BCUT2D eigenvalue weighted by atomic mass is 35.5. The van der Waals surface area contributed by atoms with Crippen LogP contribution >= 0.6 is 22.9 Å². The average molecular weight is 317 g/mol. The largest absolute Gasteiger partial charge is 0.301 e. The van der Waals surface area contributed by atoms with Crippen LogP contribution in [-0.2, 0) is 13.1 Å². The fourth-order valence-corrected chi connectivity index (χ4v) is 3.42. The minimum atomic E-state index is 0.634. The maximum absolute atomic E-state index is 9.00. The van der Waals surface area contributed by atoms with E-state index in [1.54, 1.807) is 17.4 Å². The molecule has 0 aliphatic heterocycles. The topological polar surface area (TPSA) is 44.3 Å². The highest BCUT2D eigenvalue weighted by Crippen LogP contribution is 2.23. The number of thiophene rings is 1. The molecule has 106 valence electrons. The number of hydrogen-bond donors (Lipinski definition) is 0. The highest BCUT2D eigenvalue weighted by molar-refractivity contribution is 7.16. The SMILES string of the molecule is CN(Cc1ccc(Cl)s1)Cc1cnc2ccc(C#N)cn12. The summed E-state index contributed by atoms with van der Waals surface area (Å²) < 4.78 is 2.78. The van der Waals surface area contributed by atoms with Crippen molar-refractivity contribution in [1.29, 1.82) is 5.26 Å². The summed E-state index contributed by atoms with van der Waals surface area (Å²) in [6.45, 7) is 1.59. The van der Waals surface area contributed by atoms with Gasteiger partial charge in [0.15, 0.2) is 0 Å². The van der Waals surface area contributed by atoms with Crippen LogP contribution in [-0.4, -0.2) is 21.3 Å². The van der Waals surface area contributed by atoms with Crippen molar-refractivity contribution >= 4 is 28.6 Å². The first-order valence-electron chi connectivity index (χ1n) is 6.44. The van der Waals surface area contributed by atoms with Gasteiger partial charge in [-0.05, 0) is 31.3 Å². The van der Waals surface area contributed by atoms with Crippen LogP contribution in [0.25, 0.3) is 5.65 Å². The van der Waals surface area contributed by atoms with E-state index in [-0.39, 0.29) is 0 Å². The van der Waals surface area contributed by atoms with E-state index >= 15 is 0 Å². The first-order valence-corrected chi connectivity index (χ1v) is 7.64. The molecule has 0 fully saturated rings. The molecule has 0 amide bonds. The minimum absolute atomic E-state index is 0.634. The molecule has 0 radical (unpaired) electrons. The molecule has 21 heavy (non-hydrogen) atoms. The molecular formula is C15H13ClN4S. The molecule has 0 N–H and O–H groups in total. The van der Waals surface area contributed by atoms with Gasteiger partial charge in [0.1, 0.15) is 11.7 Å². The summed E-state index contributed by atoms with van der Waals surface area (Å²) in [7, 11) is 2.06. The Labute approximate surface area is 131 Å². The molecule has 0 aliphatic rings. The number of pyridine rings is 1. The minimum Gasteiger partial charge on any atom is -0.301 e. The van der Waals surface area contributed by atoms with Crippen molar-refractivity contribution in [3.05, 3.63) is 57.1 Å². The van der Waals surface area contributed by atoms with E-state index < -0.39 is 0 Å². The number of nitrogens with zero attached hydrogens (tertiary/aromatic N) is 4. The van der Waals surface area contributed by atoms with Gasteiger partial charge in [0.05, 0.1) is 21.8 Å². The molecule has 3 aromatic heterocycles. The van der Waals surface area contributed by atoms with Gasteiger partial charge in [-0.2, -0.15) is 5.26 Å². The van der Waals surface area contributed by atoms with Crippen LogP contribution in [0.3, 0.4) is 0 Å². The summed E-state index contributed by atoms with van der Waals surface area (Å²) in [6.07, 6.45) is 3.68. The van der Waals surface area contributed by atoms with Gasteiger partial charge in [0.25, 0.3) is 0 Å². The van der Waals surface area contributed by atoms with Crippen molar-refractivity contribution < 1.29 is 0 Å². The van der Waals surface area contributed by atoms with Gasteiger partial charge in [-0.1, -0.05) is 11.6 Å². The van der Waals surface area contributed by atoms with Crippen LogP contribution in [0, 0.1) is 11.3 Å². The molecule has 3 aromatic rings. The van der Waals surface area contributed by atoms with E-state index in [1.165, 1.54) is 4.88 Å². The number of rotatable bonds is 4.